The van der Waals surface area contributed by atoms with Crippen LogP contribution in [0.4, 0.5) is 0 Å². The van der Waals surface area contributed by atoms with Crippen molar-refractivity contribution in [2.45, 2.75) is 32.5 Å². The summed E-state index contributed by atoms with van der Waals surface area (Å²) in [7, 11) is -5.82. The molecule has 0 aliphatic carbocycles. The number of thioether (sulfide) groups is 2. The van der Waals surface area contributed by atoms with Crippen LogP contribution >= 0.6 is 62.7 Å². The van der Waals surface area contributed by atoms with Crippen LogP contribution in [-0.4, -0.2) is 49.4 Å². The molecule has 0 aromatic heterocycles. The summed E-state index contributed by atoms with van der Waals surface area (Å²) in [6.45, 7) is 0. The molecule has 0 amide bonds. The zero-order chi connectivity index (χ0) is 22.6. The molecule has 2 aliphatic rings. The van der Waals surface area contributed by atoms with Crippen LogP contribution in [0.5, 0.6) is 0 Å². The van der Waals surface area contributed by atoms with Gasteiger partial charge >= 0.3 is 0 Å². The summed E-state index contributed by atoms with van der Waals surface area (Å²) in [6, 6.07) is 14.9. The quantitative estimate of drug-likeness (QED) is 0.371. The lowest BCUT2D eigenvalue weighted by Crippen LogP contribution is -2.13. The average Bonchev–Trinajstić information content (AvgIpc) is 3.16. The first-order chi connectivity index (χ1) is 14.5. The van der Waals surface area contributed by atoms with E-state index in [0.717, 1.165) is 9.79 Å². The Hall–Kier alpha value is -0.160. The fourth-order valence-electron chi connectivity index (χ4n) is 2.88. The first kappa shape index (κ1) is 28.1. The van der Waals surface area contributed by atoms with Gasteiger partial charge in [-0.05, 0) is 48.5 Å². The minimum absolute atomic E-state index is 0. The van der Waals surface area contributed by atoms with E-state index in [1.165, 1.54) is 17.2 Å². The summed E-state index contributed by atoms with van der Waals surface area (Å²) >= 11 is 18.1. The third kappa shape index (κ3) is 8.89. The van der Waals surface area contributed by atoms with Crippen LogP contribution < -0.4 is 0 Å². The van der Waals surface area contributed by atoms with Crippen LogP contribution in [0.25, 0.3) is 0 Å². The van der Waals surface area contributed by atoms with E-state index < -0.39 is 19.7 Å². The minimum atomic E-state index is -2.95. The fourth-order valence-corrected chi connectivity index (χ4v) is 11.4. The summed E-state index contributed by atoms with van der Waals surface area (Å²) in [5.74, 6) is 0.675. The van der Waals surface area contributed by atoms with Crippen LogP contribution in [0, 0.1) is 0 Å². The van der Waals surface area contributed by atoms with Gasteiger partial charge in [0.2, 0.25) is 0 Å². The molecule has 3 atom stereocenters. The number of sulfone groups is 2. The molecule has 4 nitrogen and oxygen atoms in total. The van der Waals surface area contributed by atoms with Crippen molar-refractivity contribution in [1.29, 1.82) is 0 Å². The van der Waals surface area contributed by atoms with E-state index in [0.29, 0.717) is 10.0 Å². The first-order valence-corrected chi connectivity index (χ1v) is 16.1. The van der Waals surface area contributed by atoms with Crippen molar-refractivity contribution in [2.75, 3.05) is 17.3 Å². The molecule has 2 aromatic rings. The molecule has 2 aromatic carbocycles. The topological polar surface area (TPSA) is 68.3 Å². The van der Waals surface area contributed by atoms with E-state index in [2.05, 4.69) is 15.9 Å². The van der Waals surface area contributed by atoms with Crippen LogP contribution in [-0.2, 0) is 19.7 Å². The molecule has 0 bridgehead atoms. The lowest BCUT2D eigenvalue weighted by atomic mass is 10.4. The second kappa shape index (κ2) is 12.0. The lowest BCUT2D eigenvalue weighted by Gasteiger charge is -2.11. The normalized spacial score (nSPS) is 24.9. The van der Waals surface area contributed by atoms with Gasteiger partial charge in [0.25, 0.3) is 0 Å². The predicted molar refractivity (Wildman–Crippen MR) is 143 cm³/mol. The number of rotatable bonds is 4. The molecular formula is C21H23BrCl2O4S4. The van der Waals surface area contributed by atoms with Crippen molar-refractivity contribution in [1.82, 2.24) is 0 Å². The molecule has 0 N–H and O–H groups in total. The Morgan fingerprint density at radius 3 is 1.69 bits per heavy atom. The molecule has 0 unspecified atom stereocenters. The van der Waals surface area contributed by atoms with Crippen LogP contribution in [0.3, 0.4) is 0 Å². The highest BCUT2D eigenvalue weighted by atomic mass is 79.9. The van der Waals surface area contributed by atoms with Gasteiger partial charge in [0.15, 0.2) is 19.7 Å². The molecule has 11 heteroatoms. The Balaban J connectivity index is 0.000000220. The number of alkyl halides is 1. The smallest absolute Gasteiger partial charge is 0.172 e. The highest BCUT2D eigenvalue weighted by Gasteiger charge is 2.36. The lowest BCUT2D eigenvalue weighted by molar-refractivity contribution is 0.602. The Bertz CT molecular complexity index is 1140. The summed E-state index contributed by atoms with van der Waals surface area (Å²) in [4.78, 5) is 2.13. The molecule has 0 radical (unpaired) electrons. The van der Waals surface area contributed by atoms with Gasteiger partial charge in [0.05, 0.1) is 17.3 Å². The van der Waals surface area contributed by atoms with E-state index in [1.54, 1.807) is 30.0 Å². The Morgan fingerprint density at radius 2 is 1.28 bits per heavy atom. The largest absolute Gasteiger partial charge is 0.229 e. The third-order valence-corrected chi connectivity index (χ3v) is 12.6. The molecule has 2 aliphatic heterocycles. The van der Waals surface area contributed by atoms with Crippen molar-refractivity contribution in [3.63, 3.8) is 0 Å². The molecule has 176 valence electrons. The highest BCUT2D eigenvalue weighted by Crippen LogP contribution is 2.35. The summed E-state index contributed by atoms with van der Waals surface area (Å²) in [6.07, 6.45) is 1.73. The van der Waals surface area contributed by atoms with Crippen molar-refractivity contribution in [2.24, 2.45) is 0 Å². The van der Waals surface area contributed by atoms with Gasteiger partial charge in [-0.15, -0.1) is 23.5 Å². The van der Waals surface area contributed by atoms with Gasteiger partial charge in [-0.1, -0.05) is 52.6 Å². The van der Waals surface area contributed by atoms with Crippen LogP contribution in [0.1, 0.15) is 7.43 Å². The Kier molecular flexibility index (Phi) is 10.5. The number of benzene rings is 2. The van der Waals surface area contributed by atoms with Gasteiger partial charge in [-0.25, -0.2) is 16.8 Å². The minimum Gasteiger partial charge on any atom is -0.229 e. The zero-order valence-corrected chi connectivity index (χ0v) is 22.4. The number of hydrogen-bond acceptors (Lipinski definition) is 6. The maximum absolute atomic E-state index is 11.4. The standard InChI is InChI=1S/C10H10BrClO2S2.C10H9ClO2S2.CH4/c11-9-5-16(13,14)6-10(9)15-8-3-1-7(12)2-4-8;11-8-1-3-9(4-2-8)14-10-5-6-15(12,13)7-10;/h1-4,9-10H,5-6H2;1-6,10H,7H2;1H4/t9-,10-;10-;/m01./s1. The van der Waals surface area contributed by atoms with E-state index >= 15 is 0 Å². The van der Waals surface area contributed by atoms with Gasteiger partial charge in [-0.2, -0.15) is 0 Å². The zero-order valence-electron chi connectivity index (χ0n) is 16.0. The fraction of sp³-hybridized carbons (Fsp3) is 0.333. The molecule has 2 heterocycles. The van der Waals surface area contributed by atoms with Crippen LogP contribution in [0.15, 0.2) is 69.8 Å². The molecule has 4 rings (SSSR count). The highest BCUT2D eigenvalue weighted by molar-refractivity contribution is 9.09. The second-order valence-corrected chi connectivity index (χ2v) is 15.7. The molecule has 0 spiro atoms. The first-order valence-electron chi connectivity index (χ1n) is 9.11. The van der Waals surface area contributed by atoms with Gasteiger partial charge in [0.1, 0.15) is 0 Å². The van der Waals surface area contributed by atoms with E-state index in [1.807, 2.05) is 36.4 Å². The SMILES string of the molecule is C.O=S1(=O)C=C[C@@H](Sc2ccc(Cl)cc2)C1.O=S1(=O)C[C@H](Sc2ccc(Cl)cc2)[C@@H](Br)C1. The van der Waals surface area contributed by atoms with Crippen molar-refractivity contribution < 1.29 is 16.8 Å². The summed E-state index contributed by atoms with van der Waals surface area (Å²) in [5.41, 5.74) is 0. The van der Waals surface area contributed by atoms with Gasteiger partial charge < -0.3 is 0 Å². The predicted octanol–water partition coefficient (Wildman–Crippen LogP) is 6.37. The molecule has 1 saturated heterocycles. The van der Waals surface area contributed by atoms with Crippen LogP contribution in [0.2, 0.25) is 10.0 Å². The molecule has 1 fully saturated rings. The average molecular weight is 618 g/mol. The van der Waals surface area contributed by atoms with E-state index in [4.69, 9.17) is 23.2 Å². The molecule has 32 heavy (non-hydrogen) atoms. The second-order valence-electron chi connectivity index (χ2n) is 6.97. The van der Waals surface area contributed by atoms with Gasteiger partial charge in [0, 0.05) is 40.6 Å². The van der Waals surface area contributed by atoms with Crippen molar-refractivity contribution in [3.8, 4) is 0 Å². The van der Waals surface area contributed by atoms with Crippen molar-refractivity contribution >= 4 is 82.3 Å². The van der Waals surface area contributed by atoms with Gasteiger partial charge in [-0.3, -0.25) is 0 Å². The Labute approximate surface area is 217 Å². The monoisotopic (exact) mass is 616 g/mol. The maximum atomic E-state index is 11.4. The summed E-state index contributed by atoms with van der Waals surface area (Å²) in [5, 5.41) is 2.79. The van der Waals surface area contributed by atoms with E-state index in [-0.39, 0.29) is 40.0 Å². The van der Waals surface area contributed by atoms with E-state index in [9.17, 15) is 16.8 Å². The number of halogens is 3. The number of hydrogen-bond donors (Lipinski definition) is 0. The Morgan fingerprint density at radius 1 is 0.781 bits per heavy atom. The maximum Gasteiger partial charge on any atom is 0.172 e. The third-order valence-electron chi connectivity index (χ3n) is 4.33. The summed E-state index contributed by atoms with van der Waals surface area (Å²) < 4.78 is 45.2. The molecule has 0 saturated carbocycles. The molecular weight excluding hydrogens is 595 g/mol. The van der Waals surface area contributed by atoms with Crippen molar-refractivity contribution in [3.05, 3.63) is 70.1 Å².